The third-order valence-corrected chi connectivity index (χ3v) is 1.32. The Bertz CT molecular complexity index is 273. The Morgan fingerprint density at radius 3 is 2.73 bits per heavy atom. The van der Waals surface area contributed by atoms with Crippen LogP contribution in [0.2, 0.25) is 0 Å². The quantitative estimate of drug-likeness (QED) is 0.583. The maximum Gasteiger partial charge on any atom is 0.286 e. The molecular formula is C6H7N3O2. The zero-order chi connectivity index (χ0) is 7.68. The first-order valence-electron chi connectivity index (χ1n) is 3.18. The molecule has 2 rings (SSSR count). The molecule has 58 valence electrons. The Kier molecular flexibility index (Phi) is 1.28. The van der Waals surface area contributed by atoms with Gasteiger partial charge < -0.3 is 9.47 Å². The minimum absolute atomic E-state index is 0.413. The molecular weight excluding hydrogens is 146 g/mol. The van der Waals surface area contributed by atoms with Crippen LogP contribution in [0.3, 0.4) is 0 Å². The summed E-state index contributed by atoms with van der Waals surface area (Å²) in [7, 11) is 1.79. The van der Waals surface area contributed by atoms with Crippen LogP contribution in [0.15, 0.2) is 18.7 Å². The highest BCUT2D eigenvalue weighted by Gasteiger charge is 2.18. The van der Waals surface area contributed by atoms with Gasteiger partial charge in [-0.25, -0.2) is 0 Å². The van der Waals surface area contributed by atoms with Gasteiger partial charge in [-0.1, -0.05) is 5.21 Å². The van der Waals surface area contributed by atoms with Gasteiger partial charge in [0.15, 0.2) is 5.69 Å². The number of hydrogen-bond donors (Lipinski definition) is 0. The highest BCUT2D eigenvalue weighted by Crippen LogP contribution is 2.20. The Balaban J connectivity index is 2.17. The van der Waals surface area contributed by atoms with E-state index in [0.717, 1.165) is 0 Å². The van der Waals surface area contributed by atoms with Gasteiger partial charge in [-0.15, -0.1) is 5.10 Å². The van der Waals surface area contributed by atoms with Crippen LogP contribution in [0.1, 0.15) is 12.0 Å². The molecule has 0 amide bonds. The fourth-order valence-corrected chi connectivity index (χ4v) is 0.852. The van der Waals surface area contributed by atoms with E-state index in [9.17, 15) is 0 Å². The van der Waals surface area contributed by atoms with E-state index in [1.54, 1.807) is 17.9 Å². The summed E-state index contributed by atoms with van der Waals surface area (Å²) < 4.78 is 11.7. The molecule has 0 spiro atoms. The predicted octanol–water partition coefficient (Wildman–Crippen LogP) is 0.332. The average molecular weight is 153 g/mol. The summed E-state index contributed by atoms with van der Waals surface area (Å²) in [6, 6.07) is 0. The summed E-state index contributed by atoms with van der Waals surface area (Å²) in [5.74, 6) is 0. The molecule has 5 nitrogen and oxygen atoms in total. The smallest absolute Gasteiger partial charge is 0.286 e. The lowest BCUT2D eigenvalue weighted by atomic mass is 10.5. The fraction of sp³-hybridized carbons (Fsp3) is 0.333. The third-order valence-electron chi connectivity index (χ3n) is 1.32. The number of rotatable bonds is 1. The second-order valence-corrected chi connectivity index (χ2v) is 2.19. The first-order chi connectivity index (χ1) is 5.36. The molecule has 0 unspecified atom stereocenters. The molecule has 1 aromatic heterocycles. The summed E-state index contributed by atoms with van der Waals surface area (Å²) in [6.45, 7) is 0. The van der Waals surface area contributed by atoms with Gasteiger partial charge in [-0.2, -0.15) is 0 Å². The minimum atomic E-state index is -0.413. The summed E-state index contributed by atoms with van der Waals surface area (Å²) in [5.41, 5.74) is 0.678. The van der Waals surface area contributed by atoms with E-state index in [0.29, 0.717) is 5.69 Å². The Morgan fingerprint density at radius 1 is 1.45 bits per heavy atom. The average Bonchev–Trinajstić information content (AvgIpc) is 2.55. The van der Waals surface area contributed by atoms with Gasteiger partial charge >= 0.3 is 0 Å². The molecule has 0 aromatic carbocycles. The second-order valence-electron chi connectivity index (χ2n) is 2.19. The van der Waals surface area contributed by atoms with Gasteiger partial charge in [0.25, 0.3) is 6.29 Å². The van der Waals surface area contributed by atoms with Crippen LogP contribution in [0.5, 0.6) is 0 Å². The Labute approximate surface area is 63.2 Å². The van der Waals surface area contributed by atoms with Crippen LogP contribution in [0, 0.1) is 0 Å². The lowest BCUT2D eigenvalue weighted by molar-refractivity contribution is -0.0280. The Hall–Kier alpha value is -1.52. The SMILES string of the molecule is Cn1cc(C2OC=CO2)nn1. The molecule has 0 bridgehead atoms. The van der Waals surface area contributed by atoms with Crippen molar-refractivity contribution in [2.75, 3.05) is 0 Å². The summed E-state index contributed by atoms with van der Waals surface area (Å²) in [4.78, 5) is 0. The maximum atomic E-state index is 5.03. The van der Waals surface area contributed by atoms with Crippen LogP contribution in [-0.2, 0) is 16.5 Å². The number of aromatic nitrogens is 3. The molecule has 0 radical (unpaired) electrons. The second kappa shape index (κ2) is 2.26. The highest BCUT2D eigenvalue weighted by atomic mass is 16.7. The standard InChI is InChI=1S/C6H7N3O2/c1-9-4-5(7-8-9)6-10-2-3-11-6/h2-4,6H,1H3. The predicted molar refractivity (Wildman–Crippen MR) is 35.1 cm³/mol. The summed E-state index contributed by atoms with van der Waals surface area (Å²) >= 11 is 0. The van der Waals surface area contributed by atoms with Gasteiger partial charge in [0.2, 0.25) is 0 Å². The van der Waals surface area contributed by atoms with E-state index < -0.39 is 6.29 Å². The number of aryl methyl sites for hydroxylation is 1. The van der Waals surface area contributed by atoms with Crippen molar-refractivity contribution in [3.63, 3.8) is 0 Å². The van der Waals surface area contributed by atoms with E-state index in [1.165, 1.54) is 12.5 Å². The van der Waals surface area contributed by atoms with Crippen LogP contribution >= 0.6 is 0 Å². The van der Waals surface area contributed by atoms with Crippen LogP contribution in [-0.4, -0.2) is 15.0 Å². The molecule has 11 heavy (non-hydrogen) atoms. The molecule has 1 aliphatic heterocycles. The molecule has 5 heteroatoms. The molecule has 0 atom stereocenters. The van der Waals surface area contributed by atoms with Gasteiger partial charge in [-0.05, 0) is 0 Å². The van der Waals surface area contributed by atoms with Crippen LogP contribution in [0.4, 0.5) is 0 Å². The van der Waals surface area contributed by atoms with Gasteiger partial charge in [-0.3, -0.25) is 4.68 Å². The monoisotopic (exact) mass is 153 g/mol. The lowest BCUT2D eigenvalue weighted by Gasteiger charge is -2.04. The van der Waals surface area contributed by atoms with Gasteiger partial charge in [0, 0.05) is 7.05 Å². The first-order valence-corrected chi connectivity index (χ1v) is 3.18. The molecule has 1 aromatic rings. The minimum Gasteiger partial charge on any atom is -0.454 e. The van der Waals surface area contributed by atoms with E-state index in [-0.39, 0.29) is 0 Å². The summed E-state index contributed by atoms with van der Waals surface area (Å²) in [5, 5.41) is 7.56. The normalized spacial score (nSPS) is 16.5. The number of ether oxygens (including phenoxy) is 2. The molecule has 0 saturated carbocycles. The maximum absolute atomic E-state index is 5.03. The van der Waals surface area contributed by atoms with Crippen molar-refractivity contribution in [1.82, 2.24) is 15.0 Å². The van der Waals surface area contributed by atoms with Crippen LogP contribution in [0.25, 0.3) is 0 Å². The van der Waals surface area contributed by atoms with Crippen molar-refractivity contribution >= 4 is 0 Å². The molecule has 0 N–H and O–H groups in total. The molecule has 0 saturated heterocycles. The number of hydrogen-bond acceptors (Lipinski definition) is 4. The third kappa shape index (κ3) is 1.04. The zero-order valence-corrected chi connectivity index (χ0v) is 5.97. The topological polar surface area (TPSA) is 49.2 Å². The number of nitrogens with zero attached hydrogens (tertiary/aromatic N) is 3. The van der Waals surface area contributed by atoms with E-state index in [1.807, 2.05) is 0 Å². The fourth-order valence-electron chi connectivity index (χ4n) is 0.852. The lowest BCUT2D eigenvalue weighted by Crippen LogP contribution is -1.97. The zero-order valence-electron chi connectivity index (χ0n) is 5.97. The molecule has 2 heterocycles. The molecule has 0 fully saturated rings. The van der Waals surface area contributed by atoms with Crippen molar-refractivity contribution in [1.29, 1.82) is 0 Å². The first kappa shape index (κ1) is 6.21. The summed E-state index contributed by atoms with van der Waals surface area (Å²) in [6.07, 6.45) is 4.31. The van der Waals surface area contributed by atoms with Crippen molar-refractivity contribution in [3.8, 4) is 0 Å². The highest BCUT2D eigenvalue weighted by molar-refractivity contribution is 4.97. The van der Waals surface area contributed by atoms with Crippen molar-refractivity contribution in [3.05, 3.63) is 24.4 Å². The van der Waals surface area contributed by atoms with Crippen molar-refractivity contribution in [2.45, 2.75) is 6.29 Å². The van der Waals surface area contributed by atoms with Crippen molar-refractivity contribution in [2.24, 2.45) is 7.05 Å². The Morgan fingerprint density at radius 2 is 2.18 bits per heavy atom. The van der Waals surface area contributed by atoms with Crippen LogP contribution < -0.4 is 0 Å². The van der Waals surface area contributed by atoms with E-state index >= 15 is 0 Å². The molecule has 0 aliphatic carbocycles. The van der Waals surface area contributed by atoms with Gasteiger partial charge in [0.05, 0.1) is 6.20 Å². The largest absolute Gasteiger partial charge is 0.454 e. The van der Waals surface area contributed by atoms with E-state index in [4.69, 9.17) is 9.47 Å². The van der Waals surface area contributed by atoms with Gasteiger partial charge in [0.1, 0.15) is 12.5 Å². The van der Waals surface area contributed by atoms with E-state index in [2.05, 4.69) is 10.3 Å². The molecule has 1 aliphatic rings. The van der Waals surface area contributed by atoms with Crippen molar-refractivity contribution < 1.29 is 9.47 Å².